The molecule has 5 aromatic rings. The van der Waals surface area contributed by atoms with Crippen LogP contribution in [-0.4, -0.2) is 49.9 Å². The summed E-state index contributed by atoms with van der Waals surface area (Å²) in [5, 5.41) is 19.8. The molecule has 0 saturated carbocycles. The number of phenolic OH excluding ortho intramolecular Hbond substituents is 1. The van der Waals surface area contributed by atoms with Crippen molar-refractivity contribution in [2.45, 2.75) is 21.2 Å². The van der Waals surface area contributed by atoms with Crippen molar-refractivity contribution in [3.8, 4) is 5.75 Å². The third kappa shape index (κ3) is 9.16. The fourth-order valence-electron chi connectivity index (χ4n) is 4.83. The zero-order valence-electron chi connectivity index (χ0n) is 25.9. The summed E-state index contributed by atoms with van der Waals surface area (Å²) < 4.78 is 110. The number of aromatic hydroxyl groups is 1. The van der Waals surface area contributed by atoms with E-state index in [9.17, 15) is 48.8 Å². The van der Waals surface area contributed by atoms with E-state index in [1.807, 2.05) is 0 Å². The smallest absolute Gasteiger partial charge is 0.744 e. The van der Waals surface area contributed by atoms with Crippen molar-refractivity contribution in [2.24, 2.45) is 16.0 Å². The van der Waals surface area contributed by atoms with Gasteiger partial charge in [-0.3, -0.25) is 4.79 Å². The number of hydrogen-bond donors (Lipinski definition) is 3. The second-order valence-electron chi connectivity index (χ2n) is 9.62. The summed E-state index contributed by atoms with van der Waals surface area (Å²) in [7, 11) is -16.3. The molecule has 15 nitrogen and oxygen atoms in total. The van der Waals surface area contributed by atoms with E-state index in [0.717, 1.165) is 18.2 Å². The minimum Gasteiger partial charge on any atom is -0.744 e. The molecular formula is C28H19N4Na3O11S3. The normalized spacial score (nSPS) is 11.8. The van der Waals surface area contributed by atoms with Crippen LogP contribution in [0.2, 0.25) is 0 Å². The summed E-state index contributed by atoms with van der Waals surface area (Å²) in [4.78, 5) is 9.63. The van der Waals surface area contributed by atoms with Gasteiger partial charge in [0.15, 0.2) is 5.75 Å². The van der Waals surface area contributed by atoms with Crippen LogP contribution in [-0.2, 0) is 36.9 Å². The van der Waals surface area contributed by atoms with Crippen LogP contribution in [0.15, 0.2) is 104 Å². The van der Waals surface area contributed by atoms with E-state index in [-0.39, 0.29) is 112 Å². The van der Waals surface area contributed by atoms with E-state index >= 15 is 0 Å². The maximum atomic E-state index is 12.9. The van der Waals surface area contributed by atoms with Crippen molar-refractivity contribution in [2.75, 3.05) is 5.32 Å². The van der Waals surface area contributed by atoms with Crippen molar-refractivity contribution in [3.05, 3.63) is 90.0 Å². The minimum absolute atomic E-state index is 0. The number of carbonyl (C=O) groups excluding carboxylic acids is 1. The number of carbonyl (C=O) groups is 1. The molecule has 0 radical (unpaired) electrons. The fraction of sp³-hybridized carbons (Fsp3) is 0.0357. The average Bonchev–Trinajstić information content (AvgIpc) is 2.98. The number of phenols is 1. The summed E-state index contributed by atoms with van der Waals surface area (Å²) >= 11 is 0. The van der Waals surface area contributed by atoms with Gasteiger partial charge in [-0.05, 0) is 47.3 Å². The predicted octanol–water partition coefficient (Wildman–Crippen LogP) is -5.45. The molecule has 0 saturated heterocycles. The van der Waals surface area contributed by atoms with Gasteiger partial charge < -0.3 is 29.8 Å². The van der Waals surface area contributed by atoms with Gasteiger partial charge in [-0.25, -0.2) is 25.3 Å². The molecule has 0 aliphatic rings. The predicted molar refractivity (Wildman–Crippen MR) is 160 cm³/mol. The van der Waals surface area contributed by atoms with Crippen molar-refractivity contribution < 1.29 is 137 Å². The van der Waals surface area contributed by atoms with E-state index in [4.69, 9.17) is 5.73 Å². The monoisotopic (exact) mass is 752 g/mol. The van der Waals surface area contributed by atoms with Crippen molar-refractivity contribution in [3.63, 3.8) is 0 Å². The number of benzene rings is 5. The molecule has 0 unspecified atom stereocenters. The quantitative estimate of drug-likeness (QED) is 0.0761. The zero-order chi connectivity index (χ0) is 33.6. The number of nitrogens with one attached hydrogen (secondary N) is 1. The van der Waals surface area contributed by atoms with Gasteiger partial charge in [0.1, 0.15) is 41.7 Å². The van der Waals surface area contributed by atoms with E-state index in [2.05, 4.69) is 15.5 Å². The molecule has 0 aliphatic heterocycles. The second-order valence-corrected chi connectivity index (χ2v) is 13.6. The van der Waals surface area contributed by atoms with Crippen molar-refractivity contribution >= 4 is 74.9 Å². The van der Waals surface area contributed by atoms with Crippen molar-refractivity contribution in [1.29, 1.82) is 0 Å². The van der Waals surface area contributed by atoms with Crippen LogP contribution >= 0.6 is 0 Å². The summed E-state index contributed by atoms with van der Waals surface area (Å²) in [5.74, 6) is -1.98. The van der Waals surface area contributed by atoms with Gasteiger partial charge in [0.25, 0.3) is 5.91 Å². The van der Waals surface area contributed by atoms with Crippen LogP contribution in [0.1, 0.15) is 15.9 Å². The fourth-order valence-corrected chi connectivity index (χ4v) is 6.95. The number of nitrogens with zero attached hydrogens (tertiary/aromatic N) is 2. The average molecular weight is 753 g/mol. The number of anilines is 1. The summed E-state index contributed by atoms with van der Waals surface area (Å²) in [6.45, 7) is -0.0174. The molecule has 0 fully saturated rings. The minimum atomic E-state index is -5.62. The van der Waals surface area contributed by atoms with Crippen LogP contribution in [0, 0.1) is 0 Å². The molecule has 49 heavy (non-hydrogen) atoms. The number of nitrogens with two attached hydrogens (primary N) is 1. The van der Waals surface area contributed by atoms with Crippen LogP contribution in [0.4, 0.5) is 17.1 Å². The largest absolute Gasteiger partial charge is 1.00 e. The molecule has 0 atom stereocenters. The van der Waals surface area contributed by atoms with Gasteiger partial charge in [-0.15, -0.1) is 10.2 Å². The van der Waals surface area contributed by atoms with Gasteiger partial charge in [-0.2, -0.15) is 0 Å². The first kappa shape index (κ1) is 43.3. The van der Waals surface area contributed by atoms with Gasteiger partial charge in [0.05, 0.1) is 25.8 Å². The Morgan fingerprint density at radius 2 is 1.35 bits per heavy atom. The van der Waals surface area contributed by atoms with Gasteiger partial charge >= 0.3 is 88.7 Å². The number of rotatable bonds is 8. The van der Waals surface area contributed by atoms with Gasteiger partial charge in [0, 0.05) is 22.9 Å². The Kier molecular flexibility index (Phi) is 14.8. The summed E-state index contributed by atoms with van der Waals surface area (Å²) in [5.41, 5.74) is 4.26. The molecule has 1 amide bonds. The molecule has 0 spiro atoms. The van der Waals surface area contributed by atoms with Crippen LogP contribution in [0.5, 0.6) is 5.75 Å². The van der Waals surface area contributed by atoms with Gasteiger partial charge in [0.2, 0.25) is 0 Å². The molecule has 0 aliphatic carbocycles. The molecule has 0 bridgehead atoms. The Morgan fingerprint density at radius 3 is 1.92 bits per heavy atom. The Bertz CT molecular complexity index is 2450. The molecule has 5 aromatic carbocycles. The molecule has 21 heteroatoms. The first-order chi connectivity index (χ1) is 21.5. The van der Waals surface area contributed by atoms with E-state index in [1.54, 1.807) is 24.3 Å². The Labute approximate surface area is 346 Å². The standard InChI is InChI=1S/C28H22N4O11S3.3Na/c29-14-16-7-4-8-18-17(16)9-10-21(27(18)46(41,42)43)31-32-25-23(45(38,39)40)13-19-22(44(35,36)37)12-11-20(24(19)26(25)33)30-28(34)15-5-2-1-3-6-15;;;/h1-13,33H,14,29H2,(H,30,34)(H,35,36,37)(H,38,39,40)(H,41,42,43);;;/q;3*+1/p-3. The maximum Gasteiger partial charge on any atom is 1.00 e. The molecule has 238 valence electrons. The SMILES string of the molecule is NCc1cccc2c(S(=O)(=O)[O-])c(N=Nc3c(S(=O)(=O)[O-])cc4c(S(=O)(=O)[O-])ccc(NC(=O)c5ccccc5)c4c3O)ccc12.[Na+].[Na+].[Na+]. The van der Waals surface area contributed by atoms with Crippen LogP contribution < -0.4 is 99.7 Å². The third-order valence-corrected chi connectivity index (χ3v) is 9.48. The van der Waals surface area contributed by atoms with E-state index in [0.29, 0.717) is 17.0 Å². The number of amides is 1. The Morgan fingerprint density at radius 1 is 0.714 bits per heavy atom. The molecule has 0 heterocycles. The first-order valence-corrected chi connectivity index (χ1v) is 17.0. The maximum absolute atomic E-state index is 12.9. The summed E-state index contributed by atoms with van der Waals surface area (Å²) in [6, 6.07) is 16.5. The number of azo groups is 1. The van der Waals surface area contributed by atoms with Gasteiger partial charge in [-0.1, -0.05) is 42.5 Å². The van der Waals surface area contributed by atoms with Crippen molar-refractivity contribution in [1.82, 2.24) is 0 Å². The first-order valence-electron chi connectivity index (χ1n) is 12.8. The van der Waals surface area contributed by atoms with E-state index < -0.39 is 78.8 Å². The molecule has 5 rings (SSSR count). The topological polar surface area (TPSA) is 272 Å². The Hall–Kier alpha value is -1.82. The Balaban J connectivity index is 0.00000278. The van der Waals surface area contributed by atoms with E-state index in [1.165, 1.54) is 30.3 Å². The number of hydrogen-bond acceptors (Lipinski definition) is 14. The molecule has 0 aromatic heterocycles. The number of fused-ring (bicyclic) bond motifs is 2. The van der Waals surface area contributed by atoms with Crippen LogP contribution in [0.25, 0.3) is 21.5 Å². The third-order valence-electron chi connectivity index (χ3n) is 6.81. The second kappa shape index (κ2) is 16.7. The zero-order valence-corrected chi connectivity index (χ0v) is 34.4. The molecular weight excluding hydrogens is 733 g/mol. The van der Waals surface area contributed by atoms with Crippen LogP contribution in [0.3, 0.4) is 0 Å². The summed E-state index contributed by atoms with van der Waals surface area (Å²) in [6.07, 6.45) is 0. The molecule has 4 N–H and O–H groups in total.